The second-order valence-corrected chi connectivity index (χ2v) is 6.89. The Morgan fingerprint density at radius 1 is 1.20 bits per heavy atom. The Morgan fingerprint density at radius 3 is 2.50 bits per heavy atom. The standard InChI is InChI=1S/C23H19F3N2O2/c1-3-15-12-20(16-4-7-18(8-5-16)23(24,25)26)28-21-13-17(6-9-19(15)21)22(30)27-14(2)10-11-29/h1,4-9,12-14,29H,10-11H2,2H3,(H,27,30)/t14-/m1/s1. The van der Waals surface area contributed by atoms with E-state index in [1.165, 1.54) is 12.1 Å². The number of rotatable bonds is 5. The maximum Gasteiger partial charge on any atom is 0.416 e. The summed E-state index contributed by atoms with van der Waals surface area (Å²) in [4.78, 5) is 17.0. The van der Waals surface area contributed by atoms with E-state index in [1.807, 2.05) is 0 Å². The summed E-state index contributed by atoms with van der Waals surface area (Å²) < 4.78 is 38.4. The van der Waals surface area contributed by atoms with Crippen LogP contribution in [0.4, 0.5) is 13.2 Å². The Kier molecular flexibility index (Phi) is 6.09. The fourth-order valence-corrected chi connectivity index (χ4v) is 3.04. The molecule has 0 aliphatic rings. The van der Waals surface area contributed by atoms with E-state index in [1.54, 1.807) is 31.2 Å². The predicted molar refractivity (Wildman–Crippen MR) is 109 cm³/mol. The first kappa shape index (κ1) is 21.3. The summed E-state index contributed by atoms with van der Waals surface area (Å²) in [6.45, 7) is 1.75. The molecule has 0 fully saturated rings. The van der Waals surface area contributed by atoms with Gasteiger partial charge < -0.3 is 10.4 Å². The van der Waals surface area contributed by atoms with Crippen LogP contribution in [0.1, 0.15) is 34.8 Å². The summed E-state index contributed by atoms with van der Waals surface area (Å²) >= 11 is 0. The fourth-order valence-electron chi connectivity index (χ4n) is 3.04. The van der Waals surface area contributed by atoms with Crippen LogP contribution in [0, 0.1) is 12.3 Å². The van der Waals surface area contributed by atoms with Crippen LogP contribution in [0.5, 0.6) is 0 Å². The minimum absolute atomic E-state index is 0.0389. The lowest BCUT2D eigenvalue weighted by Crippen LogP contribution is -2.33. The number of amides is 1. The third-order valence-corrected chi connectivity index (χ3v) is 4.68. The monoisotopic (exact) mass is 412 g/mol. The molecule has 2 aromatic carbocycles. The number of pyridine rings is 1. The van der Waals surface area contributed by atoms with Gasteiger partial charge in [-0.05, 0) is 43.7 Å². The van der Waals surface area contributed by atoms with E-state index in [-0.39, 0.29) is 18.6 Å². The summed E-state index contributed by atoms with van der Waals surface area (Å²) in [5.74, 6) is 2.25. The van der Waals surface area contributed by atoms with Crippen molar-refractivity contribution in [2.75, 3.05) is 6.61 Å². The van der Waals surface area contributed by atoms with Crippen LogP contribution in [0.3, 0.4) is 0 Å². The number of nitrogens with zero attached hydrogens (tertiary/aromatic N) is 1. The maximum absolute atomic E-state index is 12.8. The van der Waals surface area contributed by atoms with Crippen LogP contribution < -0.4 is 5.32 Å². The second-order valence-electron chi connectivity index (χ2n) is 6.89. The molecule has 2 N–H and O–H groups in total. The number of benzene rings is 2. The number of terminal acetylenes is 1. The third kappa shape index (κ3) is 4.61. The van der Waals surface area contributed by atoms with Gasteiger partial charge in [-0.2, -0.15) is 13.2 Å². The lowest BCUT2D eigenvalue weighted by Gasteiger charge is -2.13. The molecule has 0 radical (unpaired) electrons. The number of aliphatic hydroxyl groups excluding tert-OH is 1. The van der Waals surface area contributed by atoms with Crippen molar-refractivity contribution in [3.05, 3.63) is 65.2 Å². The Labute approximate surface area is 171 Å². The van der Waals surface area contributed by atoms with E-state index in [2.05, 4.69) is 16.2 Å². The first-order valence-electron chi connectivity index (χ1n) is 9.23. The highest BCUT2D eigenvalue weighted by atomic mass is 19.4. The molecule has 0 saturated heterocycles. The van der Waals surface area contributed by atoms with Crippen LogP contribution in [0.25, 0.3) is 22.2 Å². The van der Waals surface area contributed by atoms with Crippen molar-refractivity contribution >= 4 is 16.8 Å². The SMILES string of the molecule is C#Cc1cc(-c2ccc(C(F)(F)F)cc2)nc2cc(C(=O)N[C@H](C)CCO)ccc12. The van der Waals surface area contributed by atoms with E-state index in [9.17, 15) is 18.0 Å². The molecule has 0 aliphatic heterocycles. The van der Waals surface area contributed by atoms with Crippen LogP contribution in [-0.2, 0) is 6.18 Å². The molecule has 3 aromatic rings. The average molecular weight is 412 g/mol. The Hall–Kier alpha value is -3.37. The highest BCUT2D eigenvalue weighted by molar-refractivity contribution is 5.99. The first-order chi connectivity index (χ1) is 14.2. The average Bonchev–Trinajstić information content (AvgIpc) is 2.72. The molecule has 1 heterocycles. The summed E-state index contributed by atoms with van der Waals surface area (Å²) in [5, 5.41) is 12.4. The second kappa shape index (κ2) is 8.56. The topological polar surface area (TPSA) is 62.2 Å². The maximum atomic E-state index is 12.8. The normalized spacial score (nSPS) is 12.4. The van der Waals surface area contributed by atoms with Gasteiger partial charge in [0.1, 0.15) is 0 Å². The molecule has 3 rings (SSSR count). The number of aromatic nitrogens is 1. The van der Waals surface area contributed by atoms with Gasteiger partial charge in [0, 0.05) is 34.7 Å². The largest absolute Gasteiger partial charge is 0.416 e. The van der Waals surface area contributed by atoms with Gasteiger partial charge in [-0.15, -0.1) is 6.42 Å². The molecule has 0 bridgehead atoms. The smallest absolute Gasteiger partial charge is 0.396 e. The van der Waals surface area contributed by atoms with Gasteiger partial charge in [0.25, 0.3) is 5.91 Å². The Balaban J connectivity index is 2.01. The van der Waals surface area contributed by atoms with E-state index in [4.69, 9.17) is 11.5 Å². The van der Waals surface area contributed by atoms with Crippen molar-refractivity contribution in [3.63, 3.8) is 0 Å². The molecule has 7 heteroatoms. The van der Waals surface area contributed by atoms with E-state index < -0.39 is 11.7 Å². The van der Waals surface area contributed by atoms with E-state index in [0.717, 1.165) is 12.1 Å². The molecule has 1 atom stereocenters. The molecular formula is C23H19F3N2O2. The van der Waals surface area contributed by atoms with Crippen molar-refractivity contribution in [2.45, 2.75) is 25.6 Å². The predicted octanol–water partition coefficient (Wildman–Crippen LogP) is 4.40. The molecule has 154 valence electrons. The van der Waals surface area contributed by atoms with Crippen molar-refractivity contribution in [1.29, 1.82) is 0 Å². The van der Waals surface area contributed by atoms with Crippen LogP contribution in [0.15, 0.2) is 48.5 Å². The number of aliphatic hydroxyl groups is 1. The fraction of sp³-hybridized carbons (Fsp3) is 0.217. The molecule has 4 nitrogen and oxygen atoms in total. The minimum atomic E-state index is -4.42. The molecule has 0 unspecified atom stereocenters. The summed E-state index contributed by atoms with van der Waals surface area (Å²) in [6, 6.07) is 11.0. The number of halogens is 3. The molecule has 1 amide bonds. The third-order valence-electron chi connectivity index (χ3n) is 4.68. The van der Waals surface area contributed by atoms with Gasteiger partial charge in [-0.1, -0.05) is 24.1 Å². The van der Waals surface area contributed by atoms with Gasteiger partial charge in [-0.25, -0.2) is 4.98 Å². The van der Waals surface area contributed by atoms with Crippen molar-refractivity contribution in [1.82, 2.24) is 10.3 Å². The molecule has 1 aromatic heterocycles. The Morgan fingerprint density at radius 2 is 1.90 bits per heavy atom. The summed E-state index contributed by atoms with van der Waals surface area (Å²) in [7, 11) is 0. The molecule has 0 aliphatic carbocycles. The lowest BCUT2D eigenvalue weighted by molar-refractivity contribution is -0.137. The lowest BCUT2D eigenvalue weighted by atomic mass is 10.0. The zero-order chi connectivity index (χ0) is 21.9. The quantitative estimate of drug-likeness (QED) is 0.611. The number of hydrogen-bond acceptors (Lipinski definition) is 3. The molecule has 30 heavy (non-hydrogen) atoms. The number of hydrogen-bond donors (Lipinski definition) is 2. The first-order valence-corrected chi connectivity index (χ1v) is 9.23. The summed E-state index contributed by atoms with van der Waals surface area (Å²) in [6.07, 6.45) is 1.62. The van der Waals surface area contributed by atoms with Gasteiger partial charge in [0.05, 0.1) is 16.8 Å². The number of nitrogens with one attached hydrogen (secondary N) is 1. The van der Waals surface area contributed by atoms with Crippen molar-refractivity contribution < 1.29 is 23.1 Å². The molecule has 0 saturated carbocycles. The van der Waals surface area contributed by atoms with Crippen molar-refractivity contribution in [2.24, 2.45) is 0 Å². The zero-order valence-electron chi connectivity index (χ0n) is 16.1. The van der Waals surface area contributed by atoms with E-state index >= 15 is 0 Å². The van der Waals surface area contributed by atoms with Crippen LogP contribution in [-0.4, -0.2) is 28.6 Å². The van der Waals surface area contributed by atoms with Gasteiger partial charge >= 0.3 is 6.18 Å². The number of carbonyl (C=O) groups excluding carboxylic acids is 1. The summed E-state index contributed by atoms with van der Waals surface area (Å²) in [5.41, 5.74) is 1.49. The highest BCUT2D eigenvalue weighted by Gasteiger charge is 2.30. The zero-order valence-corrected chi connectivity index (χ0v) is 16.1. The van der Waals surface area contributed by atoms with Crippen LogP contribution >= 0.6 is 0 Å². The number of fused-ring (bicyclic) bond motifs is 1. The number of alkyl halides is 3. The van der Waals surface area contributed by atoms with Crippen molar-refractivity contribution in [3.8, 4) is 23.6 Å². The van der Waals surface area contributed by atoms with Gasteiger partial charge in [0.15, 0.2) is 0 Å². The van der Waals surface area contributed by atoms with Crippen LogP contribution in [0.2, 0.25) is 0 Å². The number of carbonyl (C=O) groups is 1. The molecular weight excluding hydrogens is 393 g/mol. The van der Waals surface area contributed by atoms with Gasteiger partial charge in [-0.3, -0.25) is 4.79 Å². The highest BCUT2D eigenvalue weighted by Crippen LogP contribution is 2.31. The molecule has 0 spiro atoms. The minimum Gasteiger partial charge on any atom is -0.396 e. The Bertz CT molecular complexity index is 1120. The van der Waals surface area contributed by atoms with E-state index in [0.29, 0.717) is 39.7 Å². The van der Waals surface area contributed by atoms with Gasteiger partial charge in [0.2, 0.25) is 0 Å².